The first-order valence-electron chi connectivity index (χ1n) is 2.21. The molecule has 46 valence electrons. The van der Waals surface area contributed by atoms with Crippen molar-refractivity contribution in [2.45, 2.75) is 0 Å². The van der Waals surface area contributed by atoms with Crippen LogP contribution in [0.5, 0.6) is 0 Å². The van der Waals surface area contributed by atoms with Gasteiger partial charge in [0.05, 0.1) is 0 Å². The molecule has 1 aliphatic heterocycles. The molecular weight excluding hydrogens is 122 g/mol. The Morgan fingerprint density at radius 3 is 2.50 bits per heavy atom. The topological polar surface area (TPSA) is 55.3 Å². The summed E-state index contributed by atoms with van der Waals surface area (Å²) in [4.78, 5) is 0. The summed E-state index contributed by atoms with van der Waals surface area (Å²) < 4.78 is 0. The number of hydrazine groups is 1. The van der Waals surface area contributed by atoms with E-state index in [1.54, 1.807) is 6.20 Å². The van der Waals surface area contributed by atoms with Gasteiger partial charge in [-0.05, 0) is 11.7 Å². The molecule has 0 spiro atoms. The number of hydrogen-bond acceptors (Lipinski definition) is 3. The predicted octanol–water partition coefficient (Wildman–Crippen LogP) is -0.408. The Labute approximate surface area is 50.8 Å². The van der Waals surface area contributed by atoms with Gasteiger partial charge in [-0.25, -0.2) is 5.84 Å². The molecule has 3 nitrogen and oxygen atoms in total. The van der Waals surface area contributed by atoms with Gasteiger partial charge in [0.2, 0.25) is 0 Å². The third kappa shape index (κ3) is 0.774. The lowest BCUT2D eigenvalue weighted by molar-refractivity contribution is 0.606. The van der Waals surface area contributed by atoms with Crippen molar-refractivity contribution in [2.75, 3.05) is 6.26 Å². The third-order valence-corrected chi connectivity index (χ3v) is 2.41. The highest BCUT2D eigenvalue weighted by molar-refractivity contribution is 8.18. The molecule has 0 aromatic heterocycles. The monoisotopic (exact) mass is 131 g/mol. The average molecular weight is 131 g/mol. The second-order valence-corrected chi connectivity index (χ2v) is 3.39. The zero-order valence-corrected chi connectivity index (χ0v) is 5.48. The molecule has 4 N–H and O–H groups in total. The summed E-state index contributed by atoms with van der Waals surface area (Å²) in [6.07, 6.45) is 3.80. The Kier molecular flexibility index (Phi) is 1.37. The van der Waals surface area contributed by atoms with E-state index >= 15 is 0 Å². The van der Waals surface area contributed by atoms with E-state index in [1.165, 1.54) is 5.01 Å². The first-order valence-corrected chi connectivity index (χ1v) is 3.91. The number of nitrogens with two attached hydrogens (primary N) is 2. The largest absolute Gasteiger partial charge is 0.282 e. The summed E-state index contributed by atoms with van der Waals surface area (Å²) in [6.45, 7) is 0. The predicted molar refractivity (Wildman–Crippen MR) is 37.9 cm³/mol. The molecule has 0 aliphatic carbocycles. The Hall–Kier alpha value is -0.320. The summed E-state index contributed by atoms with van der Waals surface area (Å²) in [6, 6.07) is 0. The van der Waals surface area contributed by atoms with Crippen molar-refractivity contribution in [3.8, 4) is 0 Å². The van der Waals surface area contributed by atoms with Crippen LogP contribution in [0, 0.1) is 0 Å². The normalized spacial score (nSPS) is 27.6. The van der Waals surface area contributed by atoms with Crippen LogP contribution < -0.4 is 11.6 Å². The van der Waals surface area contributed by atoms with Gasteiger partial charge in [0.1, 0.15) is 5.11 Å². The van der Waals surface area contributed by atoms with Gasteiger partial charge in [-0.1, -0.05) is 0 Å². The lowest BCUT2D eigenvalue weighted by atomic mass is 10.9. The quantitative estimate of drug-likeness (QED) is 0.347. The highest BCUT2D eigenvalue weighted by Crippen LogP contribution is 2.15. The minimum Gasteiger partial charge on any atom is -0.282 e. The van der Waals surface area contributed by atoms with Crippen molar-refractivity contribution in [1.29, 1.82) is 0 Å². The van der Waals surface area contributed by atoms with Gasteiger partial charge < -0.3 is 0 Å². The van der Waals surface area contributed by atoms with Crippen molar-refractivity contribution >= 4 is 15.6 Å². The summed E-state index contributed by atoms with van der Waals surface area (Å²) in [5, 5.41) is 4.17. The van der Waals surface area contributed by atoms with E-state index in [0.29, 0.717) is 0 Å². The van der Waals surface area contributed by atoms with Crippen molar-refractivity contribution < 1.29 is 0 Å². The summed E-state index contributed by atoms with van der Waals surface area (Å²) >= 11 is 0. The summed E-state index contributed by atoms with van der Waals surface area (Å²) in [5.41, 5.74) is 5.49. The molecular formula is C4H9N3S. The highest BCUT2D eigenvalue weighted by Gasteiger charge is 2.03. The van der Waals surface area contributed by atoms with Crippen LogP contribution in [0.25, 0.3) is 0 Å². The minimum absolute atomic E-state index is 0.0671. The van der Waals surface area contributed by atoms with E-state index in [9.17, 15) is 0 Å². The smallest absolute Gasteiger partial charge is 0.126 e. The van der Waals surface area contributed by atoms with Gasteiger partial charge in [0.15, 0.2) is 0 Å². The van der Waals surface area contributed by atoms with E-state index in [-0.39, 0.29) is 10.5 Å². The maximum Gasteiger partial charge on any atom is 0.126 e. The molecule has 1 atom stereocenters. The van der Waals surface area contributed by atoms with Gasteiger partial charge in [-0.15, -0.1) is 10.5 Å². The maximum absolute atomic E-state index is 5.49. The number of rotatable bonds is 0. The maximum atomic E-state index is 5.49. The average Bonchev–Trinajstić information content (AvgIpc) is 1.98. The molecule has 1 heterocycles. The third-order valence-electron chi connectivity index (χ3n) is 1.01. The standard InChI is InChI=1S/C4H9N3S/c1-8-3-2-7(6)4(8)5/h2-3H,5-6H2,1H3. The molecule has 0 saturated carbocycles. The molecule has 0 saturated heterocycles. The minimum atomic E-state index is 0.0671. The lowest BCUT2D eigenvalue weighted by Gasteiger charge is -2.07. The summed E-state index contributed by atoms with van der Waals surface area (Å²) in [5.74, 6) is 5.36. The zero-order chi connectivity index (χ0) is 6.15. The Bertz CT molecular complexity index is 161. The second kappa shape index (κ2) is 1.89. The molecule has 1 unspecified atom stereocenters. The van der Waals surface area contributed by atoms with Crippen molar-refractivity contribution in [2.24, 2.45) is 11.6 Å². The molecule has 4 heteroatoms. The Morgan fingerprint density at radius 1 is 1.75 bits per heavy atom. The molecule has 0 aromatic rings. The Balaban J connectivity index is 2.85. The molecule has 1 rings (SSSR count). The van der Waals surface area contributed by atoms with Crippen LogP contribution in [0.2, 0.25) is 0 Å². The fourth-order valence-corrected chi connectivity index (χ4v) is 1.31. The van der Waals surface area contributed by atoms with E-state index in [2.05, 4.69) is 0 Å². The summed E-state index contributed by atoms with van der Waals surface area (Å²) in [7, 11) is 0.0671. The molecule has 8 heavy (non-hydrogen) atoms. The van der Waals surface area contributed by atoms with Gasteiger partial charge in [0.25, 0.3) is 0 Å². The number of hydrogen-bond donors (Lipinski definition) is 2. The molecule has 0 aromatic carbocycles. The SMILES string of the molecule is CS1=C(N)N(N)C=C1. The molecule has 0 fully saturated rings. The molecule has 1 aliphatic rings. The van der Waals surface area contributed by atoms with E-state index in [4.69, 9.17) is 11.6 Å². The van der Waals surface area contributed by atoms with Crippen LogP contribution in [-0.2, 0) is 0 Å². The van der Waals surface area contributed by atoms with Gasteiger partial charge in [0, 0.05) is 6.20 Å². The van der Waals surface area contributed by atoms with E-state index in [0.717, 1.165) is 5.11 Å². The van der Waals surface area contributed by atoms with E-state index < -0.39 is 0 Å². The highest BCUT2D eigenvalue weighted by atomic mass is 32.2. The second-order valence-electron chi connectivity index (χ2n) is 1.59. The van der Waals surface area contributed by atoms with Gasteiger partial charge in [-0.2, -0.15) is 0 Å². The fraction of sp³-hybridized carbons (Fsp3) is 0.250. The molecule has 0 amide bonds. The van der Waals surface area contributed by atoms with Gasteiger partial charge in [-0.3, -0.25) is 10.7 Å². The zero-order valence-electron chi connectivity index (χ0n) is 4.66. The molecule has 0 bridgehead atoms. The number of nitrogens with zero attached hydrogens (tertiary/aromatic N) is 1. The lowest BCUT2D eigenvalue weighted by Crippen LogP contribution is -2.35. The van der Waals surface area contributed by atoms with Crippen molar-refractivity contribution in [3.05, 3.63) is 11.6 Å². The van der Waals surface area contributed by atoms with E-state index in [1.807, 2.05) is 11.7 Å². The van der Waals surface area contributed by atoms with Crippen LogP contribution in [0.4, 0.5) is 0 Å². The Morgan fingerprint density at radius 2 is 2.38 bits per heavy atom. The van der Waals surface area contributed by atoms with Crippen molar-refractivity contribution in [3.63, 3.8) is 0 Å². The fourth-order valence-electron chi connectivity index (χ4n) is 0.466. The van der Waals surface area contributed by atoms with Crippen LogP contribution >= 0.6 is 10.5 Å². The molecule has 0 radical (unpaired) electrons. The first-order chi connectivity index (χ1) is 3.72. The first kappa shape index (κ1) is 5.81. The van der Waals surface area contributed by atoms with Crippen LogP contribution in [-0.4, -0.2) is 16.4 Å². The van der Waals surface area contributed by atoms with Gasteiger partial charge >= 0.3 is 0 Å². The van der Waals surface area contributed by atoms with Crippen molar-refractivity contribution in [1.82, 2.24) is 5.01 Å². The van der Waals surface area contributed by atoms with Crippen LogP contribution in [0.3, 0.4) is 0 Å². The van der Waals surface area contributed by atoms with Crippen LogP contribution in [0.1, 0.15) is 0 Å². The van der Waals surface area contributed by atoms with Crippen LogP contribution in [0.15, 0.2) is 11.6 Å².